The first kappa shape index (κ1) is 8.83. The van der Waals surface area contributed by atoms with Crippen LogP contribution < -0.4 is 0 Å². The highest BCUT2D eigenvalue weighted by molar-refractivity contribution is 5.10. The SMILES string of the molecule is OCc1nncn1Cc1ccncc1. The summed E-state index contributed by atoms with van der Waals surface area (Å²) in [5, 5.41) is 16.5. The summed E-state index contributed by atoms with van der Waals surface area (Å²) in [6.07, 6.45) is 5.07. The van der Waals surface area contributed by atoms with E-state index in [1.165, 1.54) is 0 Å². The molecule has 0 aliphatic carbocycles. The van der Waals surface area contributed by atoms with Gasteiger partial charge in [0.2, 0.25) is 0 Å². The van der Waals surface area contributed by atoms with E-state index in [1.807, 2.05) is 12.1 Å². The van der Waals surface area contributed by atoms with E-state index in [4.69, 9.17) is 5.11 Å². The molecule has 2 rings (SSSR count). The van der Waals surface area contributed by atoms with Crippen LogP contribution in [0.5, 0.6) is 0 Å². The zero-order valence-electron chi connectivity index (χ0n) is 7.54. The third kappa shape index (κ3) is 1.77. The summed E-state index contributed by atoms with van der Waals surface area (Å²) in [5.41, 5.74) is 1.11. The molecular weight excluding hydrogens is 180 g/mol. The third-order valence-corrected chi connectivity index (χ3v) is 1.94. The minimum atomic E-state index is -0.0922. The predicted octanol–water partition coefficient (Wildman–Crippen LogP) is 0.214. The van der Waals surface area contributed by atoms with Crippen LogP contribution in [0.1, 0.15) is 11.4 Å². The number of pyridine rings is 1. The Hall–Kier alpha value is -1.75. The van der Waals surface area contributed by atoms with Crippen LogP contribution in [0.4, 0.5) is 0 Å². The van der Waals surface area contributed by atoms with Crippen LogP contribution >= 0.6 is 0 Å². The van der Waals surface area contributed by atoms with Crippen molar-refractivity contribution < 1.29 is 5.11 Å². The number of hydrogen-bond donors (Lipinski definition) is 1. The molecule has 0 saturated heterocycles. The van der Waals surface area contributed by atoms with Crippen LogP contribution in [0, 0.1) is 0 Å². The Morgan fingerprint density at radius 2 is 2.07 bits per heavy atom. The lowest BCUT2D eigenvalue weighted by Gasteiger charge is -2.03. The maximum Gasteiger partial charge on any atom is 0.158 e. The Balaban J connectivity index is 2.19. The van der Waals surface area contributed by atoms with Crippen LogP contribution in [0.2, 0.25) is 0 Å². The van der Waals surface area contributed by atoms with Gasteiger partial charge in [0.05, 0.1) is 6.54 Å². The molecule has 0 amide bonds. The Morgan fingerprint density at radius 1 is 1.29 bits per heavy atom. The first-order chi connectivity index (χ1) is 6.90. The average Bonchev–Trinajstić information content (AvgIpc) is 2.67. The molecule has 72 valence electrons. The molecular formula is C9H10N4O. The van der Waals surface area contributed by atoms with Crippen molar-refractivity contribution in [2.24, 2.45) is 0 Å². The van der Waals surface area contributed by atoms with Gasteiger partial charge >= 0.3 is 0 Å². The molecule has 5 heteroatoms. The molecule has 2 heterocycles. The summed E-state index contributed by atoms with van der Waals surface area (Å²) in [6, 6.07) is 3.84. The second-order valence-electron chi connectivity index (χ2n) is 2.89. The molecule has 0 aliphatic heterocycles. The highest BCUT2D eigenvalue weighted by Gasteiger charge is 2.02. The number of aliphatic hydroxyl groups excluding tert-OH is 1. The summed E-state index contributed by atoms with van der Waals surface area (Å²) < 4.78 is 1.80. The highest BCUT2D eigenvalue weighted by Crippen LogP contribution is 2.02. The van der Waals surface area contributed by atoms with Crippen molar-refractivity contribution in [1.82, 2.24) is 19.7 Å². The molecule has 2 aromatic heterocycles. The van der Waals surface area contributed by atoms with Crippen LogP contribution in [0.3, 0.4) is 0 Å². The number of hydrogen-bond acceptors (Lipinski definition) is 4. The van der Waals surface area contributed by atoms with Gasteiger partial charge in [-0.15, -0.1) is 10.2 Å². The minimum Gasteiger partial charge on any atom is -0.388 e. The smallest absolute Gasteiger partial charge is 0.158 e. The average molecular weight is 190 g/mol. The quantitative estimate of drug-likeness (QED) is 0.751. The van der Waals surface area contributed by atoms with E-state index in [0.29, 0.717) is 12.4 Å². The molecule has 0 aromatic carbocycles. The predicted molar refractivity (Wildman–Crippen MR) is 49.3 cm³/mol. The van der Waals surface area contributed by atoms with Gasteiger partial charge < -0.3 is 9.67 Å². The van der Waals surface area contributed by atoms with Gasteiger partial charge in [-0.25, -0.2) is 0 Å². The zero-order chi connectivity index (χ0) is 9.80. The molecule has 0 spiro atoms. The van der Waals surface area contributed by atoms with Crippen molar-refractivity contribution in [3.05, 3.63) is 42.2 Å². The molecule has 2 aromatic rings. The van der Waals surface area contributed by atoms with Gasteiger partial charge in [-0.3, -0.25) is 4.98 Å². The summed E-state index contributed by atoms with van der Waals surface area (Å²) >= 11 is 0. The topological polar surface area (TPSA) is 63.8 Å². The number of aromatic nitrogens is 4. The van der Waals surface area contributed by atoms with E-state index in [-0.39, 0.29) is 6.61 Å². The molecule has 1 N–H and O–H groups in total. The fourth-order valence-electron chi connectivity index (χ4n) is 1.22. The maximum absolute atomic E-state index is 8.95. The molecule has 0 fully saturated rings. The Kier molecular flexibility index (Phi) is 2.51. The molecule has 0 atom stereocenters. The van der Waals surface area contributed by atoms with Gasteiger partial charge in [-0.2, -0.15) is 0 Å². The van der Waals surface area contributed by atoms with Crippen molar-refractivity contribution in [3.8, 4) is 0 Å². The summed E-state index contributed by atoms with van der Waals surface area (Å²) in [5.74, 6) is 0.571. The van der Waals surface area contributed by atoms with Gasteiger partial charge in [-0.1, -0.05) is 0 Å². The standard InChI is InChI=1S/C9H10N4O/c14-6-9-12-11-7-13(9)5-8-1-3-10-4-2-8/h1-4,7,14H,5-6H2. The minimum absolute atomic E-state index is 0.0922. The largest absolute Gasteiger partial charge is 0.388 e. The molecule has 0 radical (unpaired) electrons. The van der Waals surface area contributed by atoms with E-state index in [9.17, 15) is 0 Å². The van der Waals surface area contributed by atoms with E-state index >= 15 is 0 Å². The molecule has 5 nitrogen and oxygen atoms in total. The van der Waals surface area contributed by atoms with Crippen molar-refractivity contribution in [1.29, 1.82) is 0 Å². The molecule has 0 aliphatic rings. The molecule has 0 unspecified atom stereocenters. The Morgan fingerprint density at radius 3 is 2.79 bits per heavy atom. The van der Waals surface area contributed by atoms with Gasteiger partial charge in [0, 0.05) is 12.4 Å². The summed E-state index contributed by atoms with van der Waals surface area (Å²) in [7, 11) is 0. The lowest BCUT2D eigenvalue weighted by atomic mass is 10.3. The van der Waals surface area contributed by atoms with Crippen molar-refractivity contribution >= 4 is 0 Å². The fourth-order valence-corrected chi connectivity index (χ4v) is 1.22. The Labute approximate surface area is 81.1 Å². The van der Waals surface area contributed by atoms with Crippen LogP contribution in [-0.4, -0.2) is 24.9 Å². The van der Waals surface area contributed by atoms with Crippen molar-refractivity contribution in [2.75, 3.05) is 0 Å². The van der Waals surface area contributed by atoms with E-state index in [2.05, 4.69) is 15.2 Å². The van der Waals surface area contributed by atoms with Crippen LogP contribution in [0.25, 0.3) is 0 Å². The Bertz CT molecular complexity index is 398. The monoisotopic (exact) mass is 190 g/mol. The number of aliphatic hydroxyl groups is 1. The first-order valence-corrected chi connectivity index (χ1v) is 4.26. The highest BCUT2D eigenvalue weighted by atomic mass is 16.3. The lowest BCUT2D eigenvalue weighted by molar-refractivity contribution is 0.265. The van der Waals surface area contributed by atoms with E-state index < -0.39 is 0 Å². The summed E-state index contributed by atoms with van der Waals surface area (Å²) in [4.78, 5) is 3.93. The van der Waals surface area contributed by atoms with E-state index in [1.54, 1.807) is 23.3 Å². The van der Waals surface area contributed by atoms with Gasteiger partial charge in [0.25, 0.3) is 0 Å². The lowest BCUT2D eigenvalue weighted by Crippen LogP contribution is -2.03. The second kappa shape index (κ2) is 3.97. The van der Waals surface area contributed by atoms with Gasteiger partial charge in [0.15, 0.2) is 5.82 Å². The molecule has 0 bridgehead atoms. The summed E-state index contributed by atoms with van der Waals surface area (Å²) in [6.45, 7) is 0.566. The van der Waals surface area contributed by atoms with Crippen molar-refractivity contribution in [2.45, 2.75) is 13.2 Å². The van der Waals surface area contributed by atoms with Gasteiger partial charge in [0.1, 0.15) is 12.9 Å². The number of nitrogens with zero attached hydrogens (tertiary/aromatic N) is 4. The second-order valence-corrected chi connectivity index (χ2v) is 2.89. The molecule has 0 saturated carbocycles. The van der Waals surface area contributed by atoms with Crippen molar-refractivity contribution in [3.63, 3.8) is 0 Å². The fraction of sp³-hybridized carbons (Fsp3) is 0.222. The first-order valence-electron chi connectivity index (χ1n) is 4.26. The zero-order valence-corrected chi connectivity index (χ0v) is 7.54. The van der Waals surface area contributed by atoms with Gasteiger partial charge in [-0.05, 0) is 17.7 Å². The van der Waals surface area contributed by atoms with Crippen LogP contribution in [-0.2, 0) is 13.2 Å². The number of rotatable bonds is 3. The molecule has 14 heavy (non-hydrogen) atoms. The normalized spacial score (nSPS) is 10.4. The maximum atomic E-state index is 8.95. The van der Waals surface area contributed by atoms with Crippen LogP contribution in [0.15, 0.2) is 30.9 Å². The van der Waals surface area contributed by atoms with E-state index in [0.717, 1.165) is 5.56 Å². The third-order valence-electron chi connectivity index (χ3n) is 1.94.